The summed E-state index contributed by atoms with van der Waals surface area (Å²) < 4.78 is 26.6. The highest BCUT2D eigenvalue weighted by Gasteiger charge is 2.14. The number of benzene rings is 3. The second-order valence-corrected chi connectivity index (χ2v) is 9.00. The summed E-state index contributed by atoms with van der Waals surface area (Å²) >= 11 is 0. The van der Waals surface area contributed by atoms with Gasteiger partial charge in [-0.1, -0.05) is 48.5 Å². The lowest BCUT2D eigenvalue weighted by Gasteiger charge is -2.11. The molecule has 29 heavy (non-hydrogen) atoms. The predicted octanol–water partition coefficient (Wildman–Crippen LogP) is 3.30. The maximum atomic E-state index is 12.5. The summed E-state index contributed by atoms with van der Waals surface area (Å²) in [5.41, 5.74) is 1.71. The Morgan fingerprint density at radius 2 is 1.55 bits per heavy atom. The van der Waals surface area contributed by atoms with Crippen LogP contribution in [0.2, 0.25) is 0 Å². The first kappa shape index (κ1) is 20.8. The normalized spacial score (nSPS) is 11.7. The molecule has 0 atom stereocenters. The van der Waals surface area contributed by atoms with Crippen LogP contribution in [0.15, 0.2) is 60.7 Å². The van der Waals surface area contributed by atoms with Crippen molar-refractivity contribution in [1.29, 1.82) is 0 Å². The number of phenolic OH excluding ortho intramolecular Hbond substituents is 1. The topological polar surface area (TPSA) is 95.5 Å². The minimum atomic E-state index is -3.38. The van der Waals surface area contributed by atoms with E-state index in [9.17, 15) is 18.3 Å². The van der Waals surface area contributed by atoms with E-state index >= 15 is 0 Å². The van der Waals surface area contributed by atoms with Crippen molar-refractivity contribution in [2.75, 3.05) is 0 Å². The molecule has 0 bridgehead atoms. The Labute approximate surface area is 170 Å². The molecule has 3 aromatic rings. The average molecular weight is 413 g/mol. The number of nitrogens with one attached hydrogen (secondary N) is 2. The minimum absolute atomic E-state index is 0.0700. The first-order valence-corrected chi connectivity index (χ1v) is 11.0. The quantitative estimate of drug-likeness (QED) is 0.555. The lowest BCUT2D eigenvalue weighted by molar-refractivity contribution is 0.0948. The van der Waals surface area contributed by atoms with Gasteiger partial charge in [0.25, 0.3) is 5.91 Å². The van der Waals surface area contributed by atoms with Gasteiger partial charge in [-0.3, -0.25) is 4.79 Å². The number of carbonyl (C=O) groups excluding carboxylic acids is 1. The predicted molar refractivity (Wildman–Crippen MR) is 114 cm³/mol. The van der Waals surface area contributed by atoms with Crippen molar-refractivity contribution in [3.05, 3.63) is 77.4 Å². The molecule has 152 valence electrons. The van der Waals surface area contributed by atoms with Gasteiger partial charge in [-0.25, -0.2) is 13.1 Å². The second-order valence-electron chi connectivity index (χ2n) is 7.25. The molecule has 0 unspecified atom stereocenters. The summed E-state index contributed by atoms with van der Waals surface area (Å²) in [4.78, 5) is 12.5. The van der Waals surface area contributed by atoms with Gasteiger partial charge in [-0.05, 0) is 47.9 Å². The Balaban J connectivity index is 1.64. The molecule has 0 aliphatic carbocycles. The molecule has 0 aliphatic rings. The van der Waals surface area contributed by atoms with Gasteiger partial charge in [0.2, 0.25) is 10.0 Å². The third-order valence-corrected chi connectivity index (χ3v) is 5.90. The molecular formula is C22H24N2O4S. The molecule has 3 N–H and O–H groups in total. The fourth-order valence-corrected chi connectivity index (χ4v) is 4.49. The van der Waals surface area contributed by atoms with Crippen LogP contribution in [0.1, 0.15) is 35.3 Å². The lowest BCUT2D eigenvalue weighted by Crippen LogP contribution is -2.31. The molecule has 0 radical (unpaired) electrons. The van der Waals surface area contributed by atoms with E-state index in [1.165, 1.54) is 0 Å². The van der Waals surface area contributed by atoms with Crippen molar-refractivity contribution in [2.24, 2.45) is 0 Å². The van der Waals surface area contributed by atoms with E-state index in [-0.39, 0.29) is 35.6 Å². The van der Waals surface area contributed by atoms with Gasteiger partial charge in [-0.15, -0.1) is 0 Å². The first-order chi connectivity index (χ1) is 13.7. The van der Waals surface area contributed by atoms with Gasteiger partial charge in [0.15, 0.2) is 0 Å². The number of hydrogen-bond acceptors (Lipinski definition) is 4. The SMILES string of the molecule is CC(C)NS(=O)(=O)Cc1ccc(CNC(=O)c2cc3ccccc3cc2O)cc1. The molecule has 1 amide bonds. The number of rotatable bonds is 7. The van der Waals surface area contributed by atoms with Crippen molar-refractivity contribution in [3.63, 3.8) is 0 Å². The van der Waals surface area contributed by atoms with Gasteiger partial charge < -0.3 is 10.4 Å². The van der Waals surface area contributed by atoms with Crippen molar-refractivity contribution in [3.8, 4) is 5.75 Å². The fraction of sp³-hybridized carbons (Fsp3) is 0.227. The highest BCUT2D eigenvalue weighted by atomic mass is 32.2. The van der Waals surface area contributed by atoms with Crippen LogP contribution in [0.3, 0.4) is 0 Å². The Morgan fingerprint density at radius 3 is 2.17 bits per heavy atom. The van der Waals surface area contributed by atoms with E-state index in [4.69, 9.17) is 0 Å². The van der Waals surface area contributed by atoms with Crippen LogP contribution in [-0.2, 0) is 22.3 Å². The van der Waals surface area contributed by atoms with Gasteiger partial charge in [-0.2, -0.15) is 0 Å². The van der Waals surface area contributed by atoms with Gasteiger partial charge in [0.05, 0.1) is 11.3 Å². The van der Waals surface area contributed by atoms with Crippen LogP contribution in [-0.4, -0.2) is 25.5 Å². The van der Waals surface area contributed by atoms with E-state index in [0.29, 0.717) is 5.56 Å². The number of sulfonamides is 1. The van der Waals surface area contributed by atoms with Crippen LogP contribution >= 0.6 is 0 Å². The molecule has 3 aromatic carbocycles. The van der Waals surface area contributed by atoms with E-state index in [1.54, 1.807) is 50.2 Å². The molecule has 7 heteroatoms. The second kappa shape index (κ2) is 8.63. The maximum absolute atomic E-state index is 12.5. The third kappa shape index (κ3) is 5.56. The van der Waals surface area contributed by atoms with Crippen LogP contribution in [0.25, 0.3) is 10.8 Å². The highest BCUT2D eigenvalue weighted by molar-refractivity contribution is 7.88. The van der Waals surface area contributed by atoms with E-state index in [1.807, 2.05) is 24.3 Å². The molecule has 0 spiro atoms. The molecule has 0 heterocycles. The molecule has 0 saturated carbocycles. The maximum Gasteiger partial charge on any atom is 0.255 e. The minimum Gasteiger partial charge on any atom is -0.507 e. The van der Waals surface area contributed by atoms with Crippen LogP contribution in [0.4, 0.5) is 0 Å². The first-order valence-electron chi connectivity index (χ1n) is 9.31. The monoisotopic (exact) mass is 412 g/mol. The molecule has 3 rings (SSSR count). The molecule has 0 aliphatic heterocycles. The zero-order valence-electron chi connectivity index (χ0n) is 16.3. The molecule has 6 nitrogen and oxygen atoms in total. The summed E-state index contributed by atoms with van der Waals surface area (Å²) in [6.45, 7) is 3.82. The van der Waals surface area contributed by atoms with E-state index in [0.717, 1.165) is 16.3 Å². The summed E-state index contributed by atoms with van der Waals surface area (Å²) in [6, 6.07) is 17.6. The van der Waals surface area contributed by atoms with Gasteiger partial charge in [0, 0.05) is 12.6 Å². The summed E-state index contributed by atoms with van der Waals surface area (Å²) in [6.07, 6.45) is 0. The molecule has 0 aromatic heterocycles. The van der Waals surface area contributed by atoms with Crippen LogP contribution in [0, 0.1) is 0 Å². The molecule has 0 saturated heterocycles. The number of aromatic hydroxyl groups is 1. The highest BCUT2D eigenvalue weighted by Crippen LogP contribution is 2.25. The number of amides is 1. The lowest BCUT2D eigenvalue weighted by atomic mass is 10.1. The number of hydrogen-bond donors (Lipinski definition) is 3. The number of phenols is 1. The van der Waals surface area contributed by atoms with Crippen molar-refractivity contribution in [1.82, 2.24) is 10.0 Å². The van der Waals surface area contributed by atoms with Gasteiger partial charge >= 0.3 is 0 Å². The molecule has 0 fully saturated rings. The third-order valence-electron chi connectivity index (χ3n) is 4.36. The zero-order chi connectivity index (χ0) is 21.0. The Hall–Kier alpha value is -2.90. The van der Waals surface area contributed by atoms with Crippen LogP contribution < -0.4 is 10.0 Å². The number of carbonyl (C=O) groups is 1. The van der Waals surface area contributed by atoms with Crippen molar-refractivity contribution in [2.45, 2.75) is 32.2 Å². The Morgan fingerprint density at radius 1 is 0.966 bits per heavy atom. The van der Waals surface area contributed by atoms with E-state index in [2.05, 4.69) is 10.0 Å². The summed E-state index contributed by atoms with van der Waals surface area (Å²) in [5, 5.41) is 14.7. The van der Waals surface area contributed by atoms with Gasteiger partial charge in [0.1, 0.15) is 5.75 Å². The fourth-order valence-electron chi connectivity index (χ4n) is 3.06. The van der Waals surface area contributed by atoms with Crippen molar-refractivity contribution >= 4 is 26.7 Å². The summed E-state index contributed by atoms with van der Waals surface area (Å²) in [5.74, 6) is -0.538. The smallest absolute Gasteiger partial charge is 0.255 e. The van der Waals surface area contributed by atoms with Crippen LogP contribution in [0.5, 0.6) is 5.75 Å². The Kier molecular flexibility index (Phi) is 6.20. The zero-order valence-corrected chi connectivity index (χ0v) is 17.2. The Bertz CT molecular complexity index is 1120. The largest absolute Gasteiger partial charge is 0.507 e. The standard InChI is InChI=1S/C22H24N2O4S/c1-15(2)24-29(27,28)14-17-9-7-16(8-10-17)13-23-22(26)20-11-18-5-3-4-6-19(18)12-21(20)25/h3-12,15,24-25H,13-14H2,1-2H3,(H,23,26). The average Bonchev–Trinajstić information content (AvgIpc) is 2.65. The summed E-state index contributed by atoms with van der Waals surface area (Å²) in [7, 11) is -3.38. The molecular weight excluding hydrogens is 388 g/mol. The van der Waals surface area contributed by atoms with Crippen molar-refractivity contribution < 1.29 is 18.3 Å². The number of fused-ring (bicyclic) bond motifs is 1. The van der Waals surface area contributed by atoms with E-state index < -0.39 is 10.0 Å².